The van der Waals surface area contributed by atoms with Crippen molar-refractivity contribution in [3.8, 4) is 0 Å². The number of aryl methyl sites for hydroxylation is 2. The summed E-state index contributed by atoms with van der Waals surface area (Å²) in [6.07, 6.45) is 2.80. The number of rotatable bonds is 4. The van der Waals surface area contributed by atoms with Crippen molar-refractivity contribution in [1.82, 2.24) is 10.1 Å². The van der Waals surface area contributed by atoms with Gasteiger partial charge < -0.3 is 9.26 Å². The highest BCUT2D eigenvalue weighted by molar-refractivity contribution is 7.09. The molecule has 0 radical (unpaired) electrons. The average Bonchev–Trinajstić information content (AvgIpc) is 3.09. The molecule has 0 N–H and O–H groups in total. The molecule has 1 saturated heterocycles. The molecule has 0 unspecified atom stereocenters. The lowest BCUT2D eigenvalue weighted by atomic mass is 10.1. The fourth-order valence-electron chi connectivity index (χ4n) is 1.96. The van der Waals surface area contributed by atoms with Crippen LogP contribution in [0.15, 0.2) is 22.0 Å². The third kappa shape index (κ3) is 2.56. The molecule has 1 aliphatic heterocycles. The highest BCUT2D eigenvalue weighted by Crippen LogP contribution is 2.22. The minimum Gasteiger partial charge on any atom is -0.381 e. The van der Waals surface area contributed by atoms with Crippen LogP contribution < -0.4 is 0 Å². The zero-order chi connectivity index (χ0) is 11.5. The van der Waals surface area contributed by atoms with E-state index in [9.17, 15) is 0 Å². The second kappa shape index (κ2) is 4.98. The van der Waals surface area contributed by atoms with E-state index in [0.29, 0.717) is 5.92 Å². The third-order valence-electron chi connectivity index (χ3n) is 2.94. The molecule has 0 aliphatic carbocycles. The molecule has 0 amide bonds. The van der Waals surface area contributed by atoms with Gasteiger partial charge in [-0.05, 0) is 24.3 Å². The van der Waals surface area contributed by atoms with Crippen LogP contribution in [0.4, 0.5) is 0 Å². The van der Waals surface area contributed by atoms with Crippen LogP contribution in [0.2, 0.25) is 0 Å². The Morgan fingerprint density at radius 3 is 3.18 bits per heavy atom. The van der Waals surface area contributed by atoms with Gasteiger partial charge in [-0.2, -0.15) is 4.98 Å². The van der Waals surface area contributed by atoms with Gasteiger partial charge in [-0.25, -0.2) is 0 Å². The molecule has 0 aromatic carbocycles. The van der Waals surface area contributed by atoms with Crippen molar-refractivity contribution in [3.05, 3.63) is 34.1 Å². The highest BCUT2D eigenvalue weighted by Gasteiger charge is 2.22. The summed E-state index contributed by atoms with van der Waals surface area (Å²) in [5, 5.41) is 6.12. The maximum absolute atomic E-state index is 5.32. The van der Waals surface area contributed by atoms with E-state index < -0.39 is 0 Å². The van der Waals surface area contributed by atoms with Gasteiger partial charge in [-0.15, -0.1) is 11.3 Å². The summed E-state index contributed by atoms with van der Waals surface area (Å²) in [6.45, 7) is 1.54. The van der Waals surface area contributed by atoms with E-state index in [1.54, 1.807) is 11.3 Å². The van der Waals surface area contributed by atoms with Gasteiger partial charge in [0.2, 0.25) is 5.89 Å². The van der Waals surface area contributed by atoms with Crippen molar-refractivity contribution in [3.63, 3.8) is 0 Å². The number of thiophene rings is 1. The highest BCUT2D eigenvalue weighted by atomic mass is 32.1. The van der Waals surface area contributed by atoms with Crippen molar-refractivity contribution in [2.75, 3.05) is 13.2 Å². The SMILES string of the molecule is c1csc(CCc2nc([C@H]3CCOC3)no2)c1. The summed E-state index contributed by atoms with van der Waals surface area (Å²) in [6, 6.07) is 4.20. The van der Waals surface area contributed by atoms with Crippen LogP contribution in [0.1, 0.15) is 28.9 Å². The molecule has 17 heavy (non-hydrogen) atoms. The quantitative estimate of drug-likeness (QED) is 0.836. The van der Waals surface area contributed by atoms with E-state index in [1.165, 1.54) is 4.88 Å². The molecule has 2 aromatic heterocycles. The monoisotopic (exact) mass is 250 g/mol. The number of hydrogen-bond donors (Lipinski definition) is 0. The predicted octanol–water partition coefficient (Wildman–Crippen LogP) is 2.42. The summed E-state index contributed by atoms with van der Waals surface area (Å²) in [5.74, 6) is 1.87. The Balaban J connectivity index is 1.60. The van der Waals surface area contributed by atoms with Gasteiger partial charge in [0.15, 0.2) is 5.82 Å². The minimum atomic E-state index is 0.328. The van der Waals surface area contributed by atoms with Gasteiger partial charge in [0, 0.05) is 23.8 Å². The lowest BCUT2D eigenvalue weighted by molar-refractivity contribution is 0.192. The molecule has 1 fully saturated rings. The molecule has 4 nitrogen and oxygen atoms in total. The molecule has 3 rings (SSSR count). The van der Waals surface area contributed by atoms with Crippen LogP contribution in [0.25, 0.3) is 0 Å². The zero-order valence-electron chi connectivity index (χ0n) is 9.46. The summed E-state index contributed by atoms with van der Waals surface area (Å²) in [5.41, 5.74) is 0. The van der Waals surface area contributed by atoms with Crippen molar-refractivity contribution < 1.29 is 9.26 Å². The Bertz CT molecular complexity index is 461. The van der Waals surface area contributed by atoms with Gasteiger partial charge in [0.05, 0.1) is 6.61 Å². The Morgan fingerprint density at radius 1 is 1.41 bits per heavy atom. The maximum atomic E-state index is 5.32. The normalized spacial score (nSPS) is 19.9. The molecule has 0 bridgehead atoms. The fourth-order valence-corrected chi connectivity index (χ4v) is 2.67. The molecule has 90 valence electrons. The van der Waals surface area contributed by atoms with E-state index in [-0.39, 0.29) is 0 Å². The van der Waals surface area contributed by atoms with Crippen LogP contribution in [0.3, 0.4) is 0 Å². The lowest BCUT2D eigenvalue weighted by Gasteiger charge is -1.97. The van der Waals surface area contributed by atoms with E-state index in [2.05, 4.69) is 27.7 Å². The first-order valence-corrected chi connectivity index (χ1v) is 6.72. The third-order valence-corrected chi connectivity index (χ3v) is 3.88. The topological polar surface area (TPSA) is 48.2 Å². The minimum absolute atomic E-state index is 0.328. The molecular weight excluding hydrogens is 236 g/mol. The van der Waals surface area contributed by atoms with Crippen molar-refractivity contribution in [2.24, 2.45) is 0 Å². The van der Waals surface area contributed by atoms with Gasteiger partial charge in [0.25, 0.3) is 0 Å². The standard InChI is InChI=1S/C12H14N2O2S/c1-2-10(17-7-1)3-4-11-13-12(14-16-11)9-5-6-15-8-9/h1-2,7,9H,3-6,8H2/t9-/m0/s1. The number of ether oxygens (including phenoxy) is 1. The molecule has 0 spiro atoms. The lowest BCUT2D eigenvalue weighted by Crippen LogP contribution is -2.00. The zero-order valence-corrected chi connectivity index (χ0v) is 10.3. The first kappa shape index (κ1) is 10.9. The molecule has 2 aromatic rings. The average molecular weight is 250 g/mol. The van der Waals surface area contributed by atoms with Crippen molar-refractivity contribution in [1.29, 1.82) is 0 Å². The number of aromatic nitrogens is 2. The second-order valence-corrected chi connectivity index (χ2v) is 5.22. The first-order chi connectivity index (χ1) is 8.42. The maximum Gasteiger partial charge on any atom is 0.227 e. The summed E-state index contributed by atoms with van der Waals surface area (Å²) >= 11 is 1.76. The van der Waals surface area contributed by atoms with E-state index in [4.69, 9.17) is 9.26 Å². The summed E-state index contributed by atoms with van der Waals surface area (Å²) in [4.78, 5) is 5.79. The molecule has 0 saturated carbocycles. The van der Waals surface area contributed by atoms with Gasteiger partial charge in [0.1, 0.15) is 0 Å². The van der Waals surface area contributed by atoms with Gasteiger partial charge in [-0.1, -0.05) is 11.2 Å². The van der Waals surface area contributed by atoms with Crippen LogP contribution in [0, 0.1) is 0 Å². The summed E-state index contributed by atoms with van der Waals surface area (Å²) < 4.78 is 10.6. The van der Waals surface area contributed by atoms with Gasteiger partial charge >= 0.3 is 0 Å². The molecule has 1 aliphatic rings. The second-order valence-electron chi connectivity index (χ2n) is 4.19. The van der Waals surface area contributed by atoms with Crippen molar-refractivity contribution in [2.45, 2.75) is 25.2 Å². The molecule has 1 atom stereocenters. The largest absolute Gasteiger partial charge is 0.381 e. The van der Waals surface area contributed by atoms with E-state index in [1.807, 2.05) is 0 Å². The van der Waals surface area contributed by atoms with Crippen LogP contribution in [-0.4, -0.2) is 23.4 Å². The van der Waals surface area contributed by atoms with E-state index >= 15 is 0 Å². The smallest absolute Gasteiger partial charge is 0.227 e. The van der Waals surface area contributed by atoms with Crippen LogP contribution in [-0.2, 0) is 17.6 Å². The molecule has 3 heterocycles. The Morgan fingerprint density at radius 2 is 2.41 bits per heavy atom. The Hall–Kier alpha value is -1.20. The molecular formula is C12H14N2O2S. The predicted molar refractivity (Wildman–Crippen MR) is 64.2 cm³/mol. The van der Waals surface area contributed by atoms with Crippen LogP contribution in [0.5, 0.6) is 0 Å². The van der Waals surface area contributed by atoms with Gasteiger partial charge in [-0.3, -0.25) is 0 Å². The van der Waals surface area contributed by atoms with Crippen molar-refractivity contribution >= 4 is 11.3 Å². The van der Waals surface area contributed by atoms with Crippen LogP contribution >= 0.6 is 11.3 Å². The Labute approximate surface area is 104 Å². The Kier molecular flexibility index (Phi) is 3.20. The fraction of sp³-hybridized carbons (Fsp3) is 0.500. The number of nitrogens with zero attached hydrogens (tertiary/aromatic N) is 2. The first-order valence-electron chi connectivity index (χ1n) is 5.84. The molecule has 5 heteroatoms. The van der Waals surface area contributed by atoms with E-state index in [0.717, 1.165) is 44.2 Å². The number of hydrogen-bond acceptors (Lipinski definition) is 5. The summed E-state index contributed by atoms with van der Waals surface area (Å²) in [7, 11) is 0.